The number of benzene rings is 6. The van der Waals surface area contributed by atoms with E-state index in [-0.39, 0.29) is 33.0 Å². The molecule has 0 radical (unpaired) electrons. The zero-order valence-electron chi connectivity index (χ0n) is 35.8. The first-order chi connectivity index (χ1) is 30.2. The number of aromatic nitrogens is 4. The van der Waals surface area contributed by atoms with Gasteiger partial charge in [0.2, 0.25) is 0 Å². The molecule has 0 spiro atoms. The molecular formula is C56H45N5OPt. The Bertz CT molecular complexity index is 3310. The van der Waals surface area contributed by atoms with Gasteiger partial charge in [0.1, 0.15) is 17.1 Å². The number of fused-ring (bicyclic) bond motifs is 6. The smallest absolute Gasteiger partial charge is 0.512 e. The van der Waals surface area contributed by atoms with Gasteiger partial charge in [0.25, 0.3) is 0 Å². The zero-order chi connectivity index (χ0) is 42.1. The third kappa shape index (κ3) is 6.98. The number of pyridine rings is 2. The normalized spacial score (nSPS) is 14.8. The van der Waals surface area contributed by atoms with Crippen molar-refractivity contribution in [2.24, 2.45) is 4.99 Å². The third-order valence-electron chi connectivity index (χ3n) is 12.5. The van der Waals surface area contributed by atoms with Gasteiger partial charge in [0, 0.05) is 34.6 Å². The molecule has 0 unspecified atom stereocenters. The Morgan fingerprint density at radius 2 is 1.30 bits per heavy atom. The summed E-state index contributed by atoms with van der Waals surface area (Å²) < 4.78 is 11.5. The number of hydrogen-bond acceptors (Lipinski definition) is 4. The van der Waals surface area contributed by atoms with Crippen LogP contribution < -0.4 is 0 Å². The van der Waals surface area contributed by atoms with Crippen molar-refractivity contribution in [3.8, 4) is 22.6 Å². The number of nitrogens with zero attached hydrogens (tertiary/aromatic N) is 5. The Labute approximate surface area is 382 Å². The molecule has 0 fully saturated rings. The molecular weight excluding hydrogens is 954 g/mol. The van der Waals surface area contributed by atoms with Crippen molar-refractivity contribution >= 4 is 49.6 Å². The van der Waals surface area contributed by atoms with E-state index in [2.05, 4.69) is 183 Å². The fourth-order valence-electron chi connectivity index (χ4n) is 9.46. The fraction of sp³-hybridized carbons (Fsp3) is 0.161. The van der Waals surface area contributed by atoms with E-state index in [1.807, 2.05) is 36.7 Å². The van der Waals surface area contributed by atoms with E-state index in [0.29, 0.717) is 11.8 Å². The summed E-state index contributed by atoms with van der Waals surface area (Å²) in [6.45, 7) is 10.9. The number of rotatable bonds is 8. The molecule has 0 bridgehead atoms. The average Bonchev–Trinajstić information content (AvgIpc) is 3.92. The van der Waals surface area contributed by atoms with Crippen LogP contribution in [0.5, 0.6) is 0 Å². The van der Waals surface area contributed by atoms with Crippen LogP contribution in [0.3, 0.4) is 0 Å². The molecule has 310 valence electrons. The van der Waals surface area contributed by atoms with Crippen LogP contribution in [0.25, 0.3) is 66.4 Å². The van der Waals surface area contributed by atoms with Crippen molar-refractivity contribution in [3.05, 3.63) is 204 Å². The molecule has 63 heavy (non-hydrogen) atoms. The monoisotopic (exact) mass is 998 g/mol. The van der Waals surface area contributed by atoms with Crippen LogP contribution in [0.4, 0.5) is 0 Å². The molecule has 5 heterocycles. The summed E-state index contributed by atoms with van der Waals surface area (Å²) in [6.07, 6.45) is 3.71. The van der Waals surface area contributed by atoms with E-state index in [0.717, 1.165) is 66.6 Å². The standard InChI is InChI=1S/C56H45N5O.Pt/c1-35(2)39-22-26-50-47(33-39)45-19-14-28-58-54(45)61(50)42-23-24-44-46-29-36(3)21-25-49(46)60(51(44)34-42)43-31-40(48-20-12-13-27-57-48)30-41(32-43)55-59-53(56(4,5)62-55)52(37-15-8-6-9-16-37)38-17-10-7-11-18-38;/h6-31,33,35,52-53H,1-5H3;/q-2;+2/t53-;/m1./s1. The van der Waals surface area contributed by atoms with E-state index >= 15 is 0 Å². The van der Waals surface area contributed by atoms with E-state index in [1.165, 1.54) is 27.6 Å². The Kier molecular flexibility index (Phi) is 10.2. The minimum atomic E-state index is -0.625. The predicted molar refractivity (Wildman–Crippen MR) is 253 cm³/mol. The molecule has 4 aromatic heterocycles. The van der Waals surface area contributed by atoms with Crippen molar-refractivity contribution in [1.82, 2.24) is 19.1 Å². The van der Waals surface area contributed by atoms with Gasteiger partial charge in [-0.3, -0.25) is 9.98 Å². The number of aryl methyl sites for hydroxylation is 1. The quantitative estimate of drug-likeness (QED) is 0.143. The summed E-state index contributed by atoms with van der Waals surface area (Å²) >= 11 is 0. The van der Waals surface area contributed by atoms with E-state index < -0.39 is 5.60 Å². The minimum Gasteiger partial charge on any atom is -0.512 e. The van der Waals surface area contributed by atoms with Crippen molar-refractivity contribution in [2.45, 2.75) is 58.1 Å². The second-order valence-electron chi connectivity index (χ2n) is 17.4. The van der Waals surface area contributed by atoms with Crippen LogP contribution in [0.15, 0.2) is 169 Å². The van der Waals surface area contributed by atoms with Crippen molar-refractivity contribution < 1.29 is 25.8 Å². The van der Waals surface area contributed by atoms with Gasteiger partial charge in [-0.25, -0.2) is 4.98 Å². The first-order valence-electron chi connectivity index (χ1n) is 21.4. The van der Waals surface area contributed by atoms with Gasteiger partial charge in [0.15, 0.2) is 0 Å². The second kappa shape index (κ2) is 15.9. The summed E-state index contributed by atoms with van der Waals surface area (Å²) in [6, 6.07) is 61.3. The van der Waals surface area contributed by atoms with Gasteiger partial charge in [-0.05, 0) is 96.9 Å². The van der Waals surface area contributed by atoms with Gasteiger partial charge >= 0.3 is 21.1 Å². The van der Waals surface area contributed by atoms with Crippen molar-refractivity contribution in [1.29, 1.82) is 0 Å². The molecule has 6 aromatic carbocycles. The van der Waals surface area contributed by atoms with Crippen LogP contribution in [0.2, 0.25) is 0 Å². The molecule has 1 atom stereocenters. The van der Waals surface area contributed by atoms with Crippen LogP contribution in [-0.4, -0.2) is 36.6 Å². The molecule has 11 rings (SSSR count). The first-order valence-corrected chi connectivity index (χ1v) is 21.4. The number of ether oxygens (including phenoxy) is 1. The Morgan fingerprint density at radius 3 is 2.03 bits per heavy atom. The molecule has 0 amide bonds. The Morgan fingerprint density at radius 1 is 0.603 bits per heavy atom. The summed E-state index contributed by atoms with van der Waals surface area (Å²) in [5, 5.41) is 4.55. The van der Waals surface area contributed by atoms with E-state index in [9.17, 15) is 0 Å². The number of hydrogen-bond donors (Lipinski definition) is 0. The van der Waals surface area contributed by atoms with Gasteiger partial charge < -0.3 is 13.9 Å². The summed E-state index contributed by atoms with van der Waals surface area (Å²) in [7, 11) is 0. The van der Waals surface area contributed by atoms with Crippen LogP contribution >= 0.6 is 0 Å². The molecule has 7 heteroatoms. The molecule has 1 aliphatic heterocycles. The van der Waals surface area contributed by atoms with Gasteiger partial charge in [-0.2, -0.15) is 6.07 Å². The third-order valence-corrected chi connectivity index (χ3v) is 12.5. The van der Waals surface area contributed by atoms with Crippen molar-refractivity contribution in [3.63, 3.8) is 0 Å². The molecule has 10 aromatic rings. The maximum atomic E-state index is 6.97. The van der Waals surface area contributed by atoms with Crippen LogP contribution in [0.1, 0.15) is 67.3 Å². The fourth-order valence-corrected chi connectivity index (χ4v) is 9.46. The molecule has 0 saturated carbocycles. The molecule has 0 saturated heterocycles. The minimum absolute atomic E-state index is 0. The maximum absolute atomic E-state index is 6.97. The van der Waals surface area contributed by atoms with Crippen molar-refractivity contribution in [2.75, 3.05) is 0 Å². The Hall–Kier alpha value is -6.62. The molecule has 6 nitrogen and oxygen atoms in total. The largest absolute Gasteiger partial charge is 2.00 e. The summed E-state index contributed by atoms with van der Waals surface area (Å²) in [5.41, 5.74) is 12.6. The Balaban J connectivity index is 0.00000471. The topological polar surface area (TPSA) is 57.2 Å². The van der Waals surface area contributed by atoms with Gasteiger partial charge in [0.05, 0.1) is 17.3 Å². The number of aliphatic imine (C=N–C) groups is 1. The molecule has 0 aliphatic carbocycles. The first kappa shape index (κ1) is 40.5. The molecule has 1 aliphatic rings. The van der Waals surface area contributed by atoms with Crippen LogP contribution in [0, 0.1) is 19.1 Å². The van der Waals surface area contributed by atoms with Crippen LogP contribution in [-0.2, 0) is 25.8 Å². The van der Waals surface area contributed by atoms with E-state index in [1.54, 1.807) is 0 Å². The second-order valence-corrected chi connectivity index (χ2v) is 17.4. The SMILES string of the molecule is Cc1ccc2c(c1)c1ccc(-n3c4ccc(C(C)C)cc4c4cccnc43)[c-]c1n2-c1[c-]c(C2=N[C@H](C(c3ccccc3)c3ccccc3)C(C)(C)O2)cc(-c2ccccn2)c1.[Pt+2]. The van der Waals surface area contributed by atoms with Gasteiger partial charge in [-0.1, -0.05) is 127 Å². The maximum Gasteiger partial charge on any atom is 2.00 e. The predicted octanol–water partition coefficient (Wildman–Crippen LogP) is 13.1. The average molecular weight is 999 g/mol. The van der Waals surface area contributed by atoms with E-state index in [4.69, 9.17) is 19.7 Å². The summed E-state index contributed by atoms with van der Waals surface area (Å²) in [4.78, 5) is 15.3. The molecule has 0 N–H and O–H groups in total. The zero-order valence-corrected chi connectivity index (χ0v) is 38.1. The van der Waals surface area contributed by atoms with Gasteiger partial charge in [-0.15, -0.1) is 35.7 Å². The summed E-state index contributed by atoms with van der Waals surface area (Å²) in [5.74, 6) is 0.949.